The van der Waals surface area contributed by atoms with Crippen molar-refractivity contribution in [3.63, 3.8) is 0 Å². The molecule has 0 saturated carbocycles. The highest BCUT2D eigenvalue weighted by atomic mass is 19.1. The Morgan fingerprint density at radius 3 is 2.79 bits per heavy atom. The van der Waals surface area contributed by atoms with Crippen LogP contribution in [0.3, 0.4) is 0 Å². The molecule has 0 radical (unpaired) electrons. The highest BCUT2D eigenvalue weighted by molar-refractivity contribution is 5.52. The molecular formula is C21H21F2N5. The van der Waals surface area contributed by atoms with Gasteiger partial charge in [-0.05, 0) is 36.6 Å². The summed E-state index contributed by atoms with van der Waals surface area (Å²) in [6.07, 6.45) is 4.67. The first-order valence-electron chi connectivity index (χ1n) is 9.28. The summed E-state index contributed by atoms with van der Waals surface area (Å²) < 4.78 is 26.8. The van der Waals surface area contributed by atoms with Crippen molar-refractivity contribution in [1.29, 1.82) is 0 Å². The molecule has 0 bridgehead atoms. The topological polar surface area (TPSA) is 53.9 Å². The van der Waals surface area contributed by atoms with Gasteiger partial charge in [0, 0.05) is 43.9 Å². The number of benzene rings is 1. The van der Waals surface area contributed by atoms with Crippen molar-refractivity contribution in [1.82, 2.24) is 15.0 Å². The van der Waals surface area contributed by atoms with Crippen LogP contribution in [0.1, 0.15) is 22.4 Å². The van der Waals surface area contributed by atoms with Crippen LogP contribution in [0.25, 0.3) is 0 Å². The van der Waals surface area contributed by atoms with E-state index in [1.54, 1.807) is 6.33 Å². The van der Waals surface area contributed by atoms with Gasteiger partial charge in [0.25, 0.3) is 0 Å². The third-order valence-electron chi connectivity index (χ3n) is 4.92. The highest BCUT2D eigenvalue weighted by Gasteiger charge is 2.22. The molecule has 2 aromatic heterocycles. The van der Waals surface area contributed by atoms with E-state index in [4.69, 9.17) is 0 Å². The third-order valence-corrected chi connectivity index (χ3v) is 4.92. The Kier molecular flexibility index (Phi) is 5.14. The molecule has 1 N–H and O–H groups in total. The summed E-state index contributed by atoms with van der Waals surface area (Å²) in [6, 6.07) is 7.74. The fourth-order valence-corrected chi connectivity index (χ4v) is 3.38. The van der Waals surface area contributed by atoms with Gasteiger partial charge in [-0.3, -0.25) is 0 Å². The van der Waals surface area contributed by atoms with Crippen molar-refractivity contribution in [2.75, 3.05) is 23.3 Å². The second kappa shape index (κ2) is 7.88. The number of nitrogens with one attached hydrogen (secondary N) is 1. The number of aryl methyl sites for hydroxylation is 1. The van der Waals surface area contributed by atoms with Crippen LogP contribution in [0.2, 0.25) is 0 Å². The molecule has 0 fully saturated rings. The molecular weight excluding hydrogens is 360 g/mol. The molecule has 28 heavy (non-hydrogen) atoms. The Morgan fingerprint density at radius 1 is 1.11 bits per heavy atom. The Hall–Kier alpha value is -3.09. The highest BCUT2D eigenvalue weighted by Crippen LogP contribution is 2.26. The van der Waals surface area contributed by atoms with Crippen molar-refractivity contribution in [2.24, 2.45) is 0 Å². The van der Waals surface area contributed by atoms with Crippen molar-refractivity contribution < 1.29 is 8.78 Å². The number of pyridine rings is 1. The molecule has 5 nitrogen and oxygen atoms in total. The Bertz CT molecular complexity index is 975. The summed E-state index contributed by atoms with van der Waals surface area (Å²) in [5, 5.41) is 3.29. The predicted molar refractivity (Wildman–Crippen MR) is 104 cm³/mol. The van der Waals surface area contributed by atoms with Crippen LogP contribution >= 0.6 is 0 Å². The van der Waals surface area contributed by atoms with E-state index in [9.17, 15) is 8.78 Å². The molecule has 0 spiro atoms. The molecule has 1 aliphatic heterocycles. The van der Waals surface area contributed by atoms with Crippen molar-refractivity contribution >= 4 is 11.6 Å². The first kappa shape index (κ1) is 18.3. The van der Waals surface area contributed by atoms with Gasteiger partial charge in [0.1, 0.15) is 29.6 Å². The Morgan fingerprint density at radius 2 is 2.00 bits per heavy atom. The molecule has 3 heterocycles. The van der Waals surface area contributed by atoms with Gasteiger partial charge in [-0.1, -0.05) is 12.1 Å². The SMILES string of the molecule is Cc1ccc(N2CCc3ncnc(NCCc4ccc(F)cc4F)c3C2)nc1. The van der Waals surface area contributed by atoms with Gasteiger partial charge >= 0.3 is 0 Å². The molecule has 3 aromatic rings. The maximum atomic E-state index is 13.8. The number of hydrogen-bond acceptors (Lipinski definition) is 5. The standard InChI is InChI=1S/C21H21F2N5/c1-14-2-5-20(25-11-14)28-9-7-19-17(12-28)21(27-13-26-19)24-8-6-15-3-4-16(22)10-18(15)23/h2-5,10-11,13H,6-9,12H2,1H3,(H,24,26,27). The van der Waals surface area contributed by atoms with E-state index in [1.807, 2.05) is 19.2 Å². The van der Waals surface area contributed by atoms with Gasteiger partial charge in [0.05, 0.1) is 5.69 Å². The molecule has 4 rings (SSSR count). The summed E-state index contributed by atoms with van der Waals surface area (Å²) in [6.45, 7) is 4.02. The first-order chi connectivity index (χ1) is 13.6. The molecule has 144 valence electrons. The maximum Gasteiger partial charge on any atom is 0.134 e. The van der Waals surface area contributed by atoms with Gasteiger partial charge in [0.2, 0.25) is 0 Å². The van der Waals surface area contributed by atoms with E-state index in [0.29, 0.717) is 25.1 Å². The summed E-state index contributed by atoms with van der Waals surface area (Å²) in [5.41, 5.74) is 3.66. The van der Waals surface area contributed by atoms with Crippen LogP contribution in [0.4, 0.5) is 20.4 Å². The van der Waals surface area contributed by atoms with Gasteiger partial charge < -0.3 is 10.2 Å². The summed E-state index contributed by atoms with van der Waals surface area (Å²) in [4.78, 5) is 15.5. The van der Waals surface area contributed by atoms with Gasteiger partial charge in [-0.25, -0.2) is 23.7 Å². The van der Waals surface area contributed by atoms with E-state index >= 15 is 0 Å². The number of hydrogen-bond donors (Lipinski definition) is 1. The lowest BCUT2D eigenvalue weighted by atomic mass is 10.1. The van der Waals surface area contributed by atoms with Gasteiger partial charge in [-0.15, -0.1) is 0 Å². The lowest BCUT2D eigenvalue weighted by Gasteiger charge is -2.30. The zero-order valence-electron chi connectivity index (χ0n) is 15.6. The minimum atomic E-state index is -0.566. The van der Waals surface area contributed by atoms with Crippen LogP contribution in [0, 0.1) is 18.6 Å². The van der Waals surface area contributed by atoms with Gasteiger partial charge in [0.15, 0.2) is 0 Å². The second-order valence-corrected chi connectivity index (χ2v) is 6.93. The summed E-state index contributed by atoms with van der Waals surface area (Å²) in [7, 11) is 0. The normalized spacial score (nSPS) is 13.3. The zero-order chi connectivity index (χ0) is 19.5. The average Bonchev–Trinajstić information content (AvgIpc) is 2.70. The number of aromatic nitrogens is 3. The Balaban J connectivity index is 1.47. The van der Waals surface area contributed by atoms with E-state index in [-0.39, 0.29) is 0 Å². The fourth-order valence-electron chi connectivity index (χ4n) is 3.38. The second-order valence-electron chi connectivity index (χ2n) is 6.93. The van der Waals surface area contributed by atoms with E-state index < -0.39 is 11.6 Å². The van der Waals surface area contributed by atoms with Crippen LogP contribution in [-0.2, 0) is 19.4 Å². The molecule has 0 unspecified atom stereocenters. The van der Waals surface area contributed by atoms with Gasteiger partial charge in [-0.2, -0.15) is 0 Å². The third kappa shape index (κ3) is 3.93. The van der Waals surface area contributed by atoms with Crippen molar-refractivity contribution in [2.45, 2.75) is 26.3 Å². The van der Waals surface area contributed by atoms with Crippen molar-refractivity contribution in [3.8, 4) is 0 Å². The molecule has 1 aliphatic rings. The van der Waals surface area contributed by atoms with E-state index in [0.717, 1.165) is 47.5 Å². The number of rotatable bonds is 5. The van der Waals surface area contributed by atoms with E-state index in [2.05, 4.69) is 31.2 Å². The molecule has 0 aliphatic carbocycles. The van der Waals surface area contributed by atoms with E-state index in [1.165, 1.54) is 12.1 Å². The maximum absolute atomic E-state index is 13.8. The smallest absolute Gasteiger partial charge is 0.134 e. The average molecular weight is 381 g/mol. The summed E-state index contributed by atoms with van der Waals surface area (Å²) in [5.74, 6) is 0.593. The van der Waals surface area contributed by atoms with Crippen LogP contribution < -0.4 is 10.2 Å². The largest absolute Gasteiger partial charge is 0.369 e. The van der Waals surface area contributed by atoms with Crippen LogP contribution in [0.5, 0.6) is 0 Å². The van der Waals surface area contributed by atoms with Crippen LogP contribution in [0.15, 0.2) is 42.9 Å². The molecule has 0 saturated heterocycles. The minimum Gasteiger partial charge on any atom is -0.369 e. The lowest BCUT2D eigenvalue weighted by Crippen LogP contribution is -2.32. The number of anilines is 2. The fraction of sp³-hybridized carbons (Fsp3) is 0.286. The predicted octanol–water partition coefficient (Wildman–Crippen LogP) is 3.68. The lowest BCUT2D eigenvalue weighted by molar-refractivity contribution is 0.572. The molecule has 0 atom stereocenters. The number of nitrogens with zero attached hydrogens (tertiary/aromatic N) is 4. The molecule has 1 aromatic carbocycles. The van der Waals surface area contributed by atoms with Crippen molar-refractivity contribution in [3.05, 3.63) is 76.9 Å². The number of halogens is 2. The quantitative estimate of drug-likeness (QED) is 0.731. The summed E-state index contributed by atoms with van der Waals surface area (Å²) >= 11 is 0. The Labute approximate surface area is 162 Å². The first-order valence-corrected chi connectivity index (χ1v) is 9.28. The van der Waals surface area contributed by atoms with Crippen LogP contribution in [-0.4, -0.2) is 28.0 Å². The zero-order valence-corrected chi connectivity index (χ0v) is 15.6. The monoisotopic (exact) mass is 381 g/mol. The minimum absolute atomic E-state index is 0.439. The molecule has 0 amide bonds. The molecule has 7 heteroatoms. The number of fused-ring (bicyclic) bond motifs is 1.